The molecule has 1 N–H and O–H groups in total. The molecule has 0 unspecified atom stereocenters. The summed E-state index contributed by atoms with van der Waals surface area (Å²) in [5.74, 6) is 0.245. The Bertz CT molecular complexity index is 1400. The zero-order valence-corrected chi connectivity index (χ0v) is 20.8. The largest absolute Gasteiger partial charge is 0.379 e. The van der Waals surface area contributed by atoms with E-state index >= 15 is 0 Å². The van der Waals surface area contributed by atoms with Crippen LogP contribution in [0.1, 0.15) is 29.3 Å². The Balaban J connectivity index is 1.37. The molecule has 0 aliphatic carbocycles. The van der Waals surface area contributed by atoms with Crippen molar-refractivity contribution in [2.24, 2.45) is 0 Å². The first kappa shape index (κ1) is 23.8. The monoisotopic (exact) mass is 490 g/mol. The minimum absolute atomic E-state index is 0.0248. The third-order valence-electron chi connectivity index (χ3n) is 6.60. The van der Waals surface area contributed by atoms with Crippen molar-refractivity contribution in [2.45, 2.75) is 31.5 Å². The van der Waals surface area contributed by atoms with Crippen LogP contribution in [0.15, 0.2) is 58.6 Å². The standard InChI is InChI=1S/C27H30N4O3S/c1-2-19-7-5-9-20-22(17-28-25(19)20)24(32)18-35-27-29-23-10-4-3-8-21(23)26(33)31(27)12-6-11-30-13-15-34-16-14-30/h3-5,7-10,17,28H,2,6,11-16,18H2,1H3. The molecule has 0 amide bonds. The molecule has 8 heteroatoms. The molecule has 1 fully saturated rings. The number of hydrogen-bond acceptors (Lipinski definition) is 6. The molecule has 5 rings (SSSR count). The summed E-state index contributed by atoms with van der Waals surface area (Å²) in [6.07, 6.45) is 3.54. The summed E-state index contributed by atoms with van der Waals surface area (Å²) in [7, 11) is 0. The number of carbonyl (C=O) groups is 1. The average molecular weight is 491 g/mol. The van der Waals surface area contributed by atoms with E-state index in [2.05, 4.69) is 22.9 Å². The van der Waals surface area contributed by atoms with Crippen molar-refractivity contribution in [3.05, 3.63) is 70.1 Å². The van der Waals surface area contributed by atoms with Gasteiger partial charge in [-0.2, -0.15) is 0 Å². The first-order valence-electron chi connectivity index (χ1n) is 12.2. The lowest BCUT2D eigenvalue weighted by Gasteiger charge is -2.26. The zero-order valence-electron chi connectivity index (χ0n) is 20.0. The molecule has 0 radical (unpaired) electrons. The number of aryl methyl sites for hydroxylation is 1. The summed E-state index contributed by atoms with van der Waals surface area (Å²) in [4.78, 5) is 36.9. The number of fused-ring (bicyclic) bond motifs is 2. The van der Waals surface area contributed by atoms with Gasteiger partial charge in [-0.3, -0.25) is 19.1 Å². The summed E-state index contributed by atoms with van der Waals surface area (Å²) >= 11 is 1.34. The number of rotatable bonds is 9. The minimum atomic E-state index is -0.0489. The maximum atomic E-state index is 13.3. The van der Waals surface area contributed by atoms with Crippen molar-refractivity contribution in [1.82, 2.24) is 19.4 Å². The fourth-order valence-electron chi connectivity index (χ4n) is 4.68. The van der Waals surface area contributed by atoms with Crippen LogP contribution < -0.4 is 5.56 Å². The van der Waals surface area contributed by atoms with Crippen LogP contribution in [0.4, 0.5) is 0 Å². The normalized spacial score (nSPS) is 14.7. The minimum Gasteiger partial charge on any atom is -0.379 e. The van der Waals surface area contributed by atoms with Gasteiger partial charge in [-0.05, 0) is 30.5 Å². The van der Waals surface area contributed by atoms with Gasteiger partial charge >= 0.3 is 0 Å². The van der Waals surface area contributed by atoms with Crippen molar-refractivity contribution in [1.29, 1.82) is 0 Å². The fourth-order valence-corrected chi connectivity index (χ4v) is 5.59. The number of carbonyl (C=O) groups excluding carboxylic acids is 1. The first-order chi connectivity index (χ1) is 17.2. The Morgan fingerprint density at radius 1 is 1.09 bits per heavy atom. The molecule has 182 valence electrons. The highest BCUT2D eigenvalue weighted by Gasteiger charge is 2.18. The number of H-pyrrole nitrogens is 1. The van der Waals surface area contributed by atoms with E-state index in [-0.39, 0.29) is 17.1 Å². The lowest BCUT2D eigenvalue weighted by Crippen LogP contribution is -2.37. The van der Waals surface area contributed by atoms with E-state index in [4.69, 9.17) is 9.72 Å². The molecule has 35 heavy (non-hydrogen) atoms. The van der Waals surface area contributed by atoms with Gasteiger partial charge in [0.2, 0.25) is 0 Å². The highest BCUT2D eigenvalue weighted by molar-refractivity contribution is 7.99. The molecule has 7 nitrogen and oxygen atoms in total. The SMILES string of the molecule is CCc1cccc2c(C(=O)CSc3nc4ccccc4c(=O)n3CCCN3CCOCC3)c[nH]c12. The third kappa shape index (κ3) is 5.05. The molecule has 1 saturated heterocycles. The first-order valence-corrected chi connectivity index (χ1v) is 13.2. The molecule has 0 atom stereocenters. The third-order valence-corrected chi connectivity index (χ3v) is 7.58. The quantitative estimate of drug-likeness (QED) is 0.216. The number of hydrogen-bond donors (Lipinski definition) is 1. The Labute approximate surface area is 208 Å². The van der Waals surface area contributed by atoms with Crippen LogP contribution in [0.2, 0.25) is 0 Å². The van der Waals surface area contributed by atoms with E-state index in [9.17, 15) is 9.59 Å². The van der Waals surface area contributed by atoms with Crippen LogP contribution in [-0.2, 0) is 17.7 Å². The van der Waals surface area contributed by atoms with Crippen molar-refractivity contribution >= 4 is 39.4 Å². The Morgan fingerprint density at radius 2 is 1.89 bits per heavy atom. The lowest BCUT2D eigenvalue weighted by atomic mass is 10.1. The second-order valence-electron chi connectivity index (χ2n) is 8.78. The predicted molar refractivity (Wildman–Crippen MR) is 141 cm³/mol. The molecular weight excluding hydrogens is 460 g/mol. The van der Waals surface area contributed by atoms with Crippen LogP contribution in [0.25, 0.3) is 21.8 Å². The summed E-state index contributed by atoms with van der Waals surface area (Å²) < 4.78 is 7.17. The molecule has 0 saturated carbocycles. The predicted octanol–water partition coefficient (Wildman–Crippen LogP) is 4.14. The fraction of sp³-hybridized carbons (Fsp3) is 0.370. The molecule has 2 aromatic heterocycles. The molecule has 4 aromatic rings. The number of aromatic nitrogens is 3. The number of para-hydroxylation sites is 2. The van der Waals surface area contributed by atoms with Crippen molar-refractivity contribution in [3.63, 3.8) is 0 Å². The van der Waals surface area contributed by atoms with E-state index in [0.717, 1.165) is 56.6 Å². The second-order valence-corrected chi connectivity index (χ2v) is 9.73. The average Bonchev–Trinajstić information content (AvgIpc) is 3.34. The molecule has 0 spiro atoms. The zero-order chi connectivity index (χ0) is 24.2. The van der Waals surface area contributed by atoms with Crippen molar-refractivity contribution in [2.75, 3.05) is 38.6 Å². The van der Waals surface area contributed by atoms with E-state index in [1.54, 1.807) is 10.8 Å². The number of nitrogens with one attached hydrogen (secondary N) is 1. The summed E-state index contributed by atoms with van der Waals surface area (Å²) in [6.45, 7) is 6.94. The Kier molecular flexibility index (Phi) is 7.32. The topological polar surface area (TPSA) is 80.2 Å². The number of aromatic amines is 1. The van der Waals surface area contributed by atoms with Gasteiger partial charge in [0.15, 0.2) is 10.9 Å². The van der Waals surface area contributed by atoms with E-state index < -0.39 is 0 Å². The Hall–Kier alpha value is -2.94. The number of ketones is 1. The van der Waals surface area contributed by atoms with Gasteiger partial charge in [0.1, 0.15) is 0 Å². The van der Waals surface area contributed by atoms with Gasteiger partial charge in [0.25, 0.3) is 5.56 Å². The number of morpholine rings is 1. The van der Waals surface area contributed by atoms with E-state index in [1.807, 2.05) is 36.4 Å². The van der Waals surface area contributed by atoms with E-state index in [1.165, 1.54) is 17.3 Å². The van der Waals surface area contributed by atoms with Gasteiger partial charge in [-0.25, -0.2) is 4.98 Å². The highest BCUT2D eigenvalue weighted by atomic mass is 32.2. The van der Waals surface area contributed by atoms with Crippen LogP contribution in [0, 0.1) is 0 Å². The summed E-state index contributed by atoms with van der Waals surface area (Å²) in [5.41, 5.74) is 3.51. The van der Waals surface area contributed by atoms with E-state index in [0.29, 0.717) is 28.2 Å². The van der Waals surface area contributed by atoms with Gasteiger partial charge in [0, 0.05) is 48.8 Å². The van der Waals surface area contributed by atoms with Crippen LogP contribution in [0.3, 0.4) is 0 Å². The van der Waals surface area contributed by atoms with Gasteiger partial charge < -0.3 is 9.72 Å². The number of Topliss-reactive ketones (excluding diaryl/α,β-unsaturated/α-hetero) is 1. The number of thioether (sulfide) groups is 1. The van der Waals surface area contributed by atoms with Crippen LogP contribution in [0.5, 0.6) is 0 Å². The van der Waals surface area contributed by atoms with Crippen LogP contribution in [-0.4, -0.2) is 63.8 Å². The molecule has 1 aliphatic rings. The maximum absolute atomic E-state index is 13.3. The van der Waals surface area contributed by atoms with Gasteiger partial charge in [-0.1, -0.05) is 49.0 Å². The molecular formula is C27H30N4O3S. The van der Waals surface area contributed by atoms with Gasteiger partial charge in [-0.15, -0.1) is 0 Å². The molecule has 1 aliphatic heterocycles. The van der Waals surface area contributed by atoms with Crippen LogP contribution >= 0.6 is 11.8 Å². The van der Waals surface area contributed by atoms with Gasteiger partial charge in [0.05, 0.1) is 29.9 Å². The summed E-state index contributed by atoms with van der Waals surface area (Å²) in [5, 5.41) is 2.15. The highest BCUT2D eigenvalue weighted by Crippen LogP contribution is 2.25. The number of benzene rings is 2. The second kappa shape index (κ2) is 10.8. The number of ether oxygens (including phenoxy) is 1. The summed E-state index contributed by atoms with van der Waals surface area (Å²) in [6, 6.07) is 13.5. The molecule has 0 bridgehead atoms. The van der Waals surface area contributed by atoms with Crippen molar-refractivity contribution < 1.29 is 9.53 Å². The smallest absolute Gasteiger partial charge is 0.262 e. The Morgan fingerprint density at radius 3 is 2.71 bits per heavy atom. The lowest BCUT2D eigenvalue weighted by molar-refractivity contribution is 0.0368. The maximum Gasteiger partial charge on any atom is 0.262 e. The van der Waals surface area contributed by atoms with Crippen molar-refractivity contribution in [3.8, 4) is 0 Å². The molecule has 3 heterocycles. The molecule has 2 aromatic carbocycles. The number of nitrogens with zero attached hydrogens (tertiary/aromatic N) is 3.